The molecule has 3 nitrogen and oxygen atoms in total. The molecule has 0 fully saturated rings. The molecule has 2 atom stereocenters. The van der Waals surface area contributed by atoms with Gasteiger partial charge in [0.25, 0.3) is 0 Å². The molecule has 0 amide bonds. The van der Waals surface area contributed by atoms with E-state index in [1.165, 1.54) is 0 Å². The topological polar surface area (TPSA) is 44.3 Å². The standard InChI is InChI=1S/C8H10NO2.ClH/c10-7-5-9-4-2-1-3-6(9)8(7)11;/h1-4,7-8,10-11H,5H2;1H/q+1;/p-1/t7-,8-;/m1./s1. The molecule has 1 aromatic heterocycles. The van der Waals surface area contributed by atoms with E-state index in [2.05, 4.69) is 0 Å². The SMILES string of the molecule is O[C@@H]1C[n+]2ccccc2[C@H]1O.[Cl-]. The summed E-state index contributed by atoms with van der Waals surface area (Å²) in [4.78, 5) is 0. The molecule has 0 saturated heterocycles. The van der Waals surface area contributed by atoms with Crippen molar-refractivity contribution >= 4 is 0 Å². The molecule has 0 spiro atoms. The third-order valence-corrected chi connectivity index (χ3v) is 2.03. The van der Waals surface area contributed by atoms with Crippen molar-refractivity contribution in [2.45, 2.75) is 18.8 Å². The lowest BCUT2D eigenvalue weighted by molar-refractivity contribution is -0.695. The number of halogens is 1. The molecule has 0 bridgehead atoms. The monoisotopic (exact) mass is 187 g/mol. The second-order valence-corrected chi connectivity index (χ2v) is 2.79. The molecule has 1 aliphatic heterocycles. The Balaban J connectivity index is 0.000000720. The quantitative estimate of drug-likeness (QED) is 0.412. The Labute approximate surface area is 76.7 Å². The first-order valence-electron chi connectivity index (χ1n) is 3.63. The van der Waals surface area contributed by atoms with Crippen molar-refractivity contribution in [3.63, 3.8) is 0 Å². The van der Waals surface area contributed by atoms with Crippen LogP contribution in [0.25, 0.3) is 0 Å². The van der Waals surface area contributed by atoms with Crippen molar-refractivity contribution < 1.29 is 27.2 Å². The maximum Gasteiger partial charge on any atom is 0.213 e. The lowest BCUT2D eigenvalue weighted by atomic mass is 10.2. The van der Waals surface area contributed by atoms with Crippen molar-refractivity contribution in [1.29, 1.82) is 0 Å². The zero-order valence-electron chi connectivity index (χ0n) is 6.39. The van der Waals surface area contributed by atoms with E-state index in [-0.39, 0.29) is 12.4 Å². The van der Waals surface area contributed by atoms with Gasteiger partial charge in [0.2, 0.25) is 5.69 Å². The van der Waals surface area contributed by atoms with Crippen LogP contribution in [-0.2, 0) is 6.54 Å². The third-order valence-electron chi connectivity index (χ3n) is 2.03. The van der Waals surface area contributed by atoms with Gasteiger partial charge in [-0.2, -0.15) is 4.57 Å². The molecule has 4 heteroatoms. The Bertz CT molecular complexity index is 280. The van der Waals surface area contributed by atoms with Gasteiger partial charge in [0.05, 0.1) is 0 Å². The van der Waals surface area contributed by atoms with Gasteiger partial charge in [-0.1, -0.05) is 6.07 Å². The molecule has 1 aromatic rings. The molecule has 2 heterocycles. The van der Waals surface area contributed by atoms with E-state index in [1.807, 2.05) is 29.0 Å². The van der Waals surface area contributed by atoms with Crippen LogP contribution < -0.4 is 17.0 Å². The van der Waals surface area contributed by atoms with Crippen LogP contribution in [0.5, 0.6) is 0 Å². The highest BCUT2D eigenvalue weighted by atomic mass is 35.5. The second kappa shape index (κ2) is 3.39. The van der Waals surface area contributed by atoms with E-state index >= 15 is 0 Å². The Morgan fingerprint density at radius 1 is 1.33 bits per heavy atom. The highest BCUT2D eigenvalue weighted by molar-refractivity contribution is 5.04. The number of fused-ring (bicyclic) bond motifs is 1. The minimum absolute atomic E-state index is 0. The first-order chi connectivity index (χ1) is 5.29. The van der Waals surface area contributed by atoms with E-state index in [1.54, 1.807) is 0 Å². The summed E-state index contributed by atoms with van der Waals surface area (Å²) in [5.74, 6) is 0. The second-order valence-electron chi connectivity index (χ2n) is 2.79. The third kappa shape index (κ3) is 1.31. The zero-order valence-corrected chi connectivity index (χ0v) is 7.15. The summed E-state index contributed by atoms with van der Waals surface area (Å²) in [6, 6.07) is 5.56. The number of hydrogen-bond acceptors (Lipinski definition) is 2. The van der Waals surface area contributed by atoms with E-state index < -0.39 is 12.2 Å². The molecule has 66 valence electrons. The van der Waals surface area contributed by atoms with Crippen LogP contribution in [0.15, 0.2) is 24.4 Å². The lowest BCUT2D eigenvalue weighted by Gasteiger charge is -1.98. The lowest BCUT2D eigenvalue weighted by Crippen LogP contribution is -3.00. The normalized spacial score (nSPS) is 26.2. The van der Waals surface area contributed by atoms with Crippen molar-refractivity contribution in [2.24, 2.45) is 0 Å². The number of aliphatic hydroxyl groups excluding tert-OH is 2. The number of nitrogens with zero attached hydrogens (tertiary/aromatic N) is 1. The number of aromatic nitrogens is 1. The number of rotatable bonds is 0. The van der Waals surface area contributed by atoms with Crippen LogP contribution in [0.3, 0.4) is 0 Å². The summed E-state index contributed by atoms with van der Waals surface area (Å²) in [5.41, 5.74) is 0.792. The fourth-order valence-corrected chi connectivity index (χ4v) is 1.42. The van der Waals surface area contributed by atoms with Gasteiger partial charge in [-0.3, -0.25) is 0 Å². The van der Waals surface area contributed by atoms with Crippen LogP contribution in [0.2, 0.25) is 0 Å². The van der Waals surface area contributed by atoms with Crippen LogP contribution in [-0.4, -0.2) is 16.3 Å². The van der Waals surface area contributed by atoms with Crippen molar-refractivity contribution in [3.05, 3.63) is 30.1 Å². The molecule has 0 aliphatic carbocycles. The van der Waals surface area contributed by atoms with E-state index in [9.17, 15) is 10.2 Å². The maximum absolute atomic E-state index is 9.38. The minimum atomic E-state index is -0.712. The van der Waals surface area contributed by atoms with Gasteiger partial charge in [0.15, 0.2) is 18.8 Å². The van der Waals surface area contributed by atoms with Crippen molar-refractivity contribution in [3.8, 4) is 0 Å². The molecule has 2 N–H and O–H groups in total. The average molecular weight is 188 g/mol. The molecule has 1 aliphatic rings. The molecular formula is C8H10ClNO2. The zero-order chi connectivity index (χ0) is 7.84. The van der Waals surface area contributed by atoms with E-state index in [0.717, 1.165) is 5.69 Å². The summed E-state index contributed by atoms with van der Waals surface area (Å²) in [5, 5.41) is 18.6. The van der Waals surface area contributed by atoms with E-state index in [0.29, 0.717) is 6.54 Å². The fraction of sp³-hybridized carbons (Fsp3) is 0.375. The Kier molecular flexibility index (Phi) is 2.67. The van der Waals surface area contributed by atoms with Gasteiger partial charge in [0, 0.05) is 12.1 Å². The predicted octanol–water partition coefficient (Wildman–Crippen LogP) is -3.61. The van der Waals surface area contributed by atoms with Gasteiger partial charge < -0.3 is 22.6 Å². The van der Waals surface area contributed by atoms with Crippen LogP contribution in [0.1, 0.15) is 11.8 Å². The summed E-state index contributed by atoms with van der Waals surface area (Å²) >= 11 is 0. The smallest absolute Gasteiger partial charge is 0.213 e. The largest absolute Gasteiger partial charge is 1.00 e. The first kappa shape index (κ1) is 9.45. The van der Waals surface area contributed by atoms with Gasteiger partial charge in [0.1, 0.15) is 6.10 Å². The number of hydrogen-bond donors (Lipinski definition) is 2. The summed E-state index contributed by atoms with van der Waals surface area (Å²) < 4.78 is 1.86. The summed E-state index contributed by atoms with van der Waals surface area (Å²) in [6.45, 7) is 0.497. The molecular weight excluding hydrogens is 178 g/mol. The van der Waals surface area contributed by atoms with Crippen molar-refractivity contribution in [1.82, 2.24) is 0 Å². The fourth-order valence-electron chi connectivity index (χ4n) is 1.42. The maximum atomic E-state index is 9.38. The Morgan fingerprint density at radius 2 is 2.08 bits per heavy atom. The number of aliphatic hydroxyl groups is 2. The van der Waals surface area contributed by atoms with Gasteiger partial charge in [-0.15, -0.1) is 0 Å². The summed E-state index contributed by atoms with van der Waals surface area (Å²) in [6.07, 6.45) is 0.503. The molecule has 0 saturated carbocycles. The molecule has 0 unspecified atom stereocenters. The highest BCUT2D eigenvalue weighted by Gasteiger charge is 2.36. The predicted molar refractivity (Wildman–Crippen MR) is 37.6 cm³/mol. The Morgan fingerprint density at radius 3 is 2.75 bits per heavy atom. The van der Waals surface area contributed by atoms with Gasteiger partial charge >= 0.3 is 0 Å². The molecule has 12 heavy (non-hydrogen) atoms. The summed E-state index contributed by atoms with van der Waals surface area (Å²) in [7, 11) is 0. The average Bonchev–Trinajstić information content (AvgIpc) is 2.30. The van der Waals surface area contributed by atoms with Crippen LogP contribution >= 0.6 is 0 Å². The molecule has 0 radical (unpaired) electrons. The number of pyridine rings is 1. The van der Waals surface area contributed by atoms with E-state index in [4.69, 9.17) is 0 Å². The first-order valence-corrected chi connectivity index (χ1v) is 3.63. The highest BCUT2D eigenvalue weighted by Crippen LogP contribution is 2.18. The molecule has 2 rings (SSSR count). The minimum Gasteiger partial charge on any atom is -1.00 e. The molecule has 0 aromatic carbocycles. The Hall–Kier alpha value is -0.640. The van der Waals surface area contributed by atoms with Crippen LogP contribution in [0.4, 0.5) is 0 Å². The van der Waals surface area contributed by atoms with Gasteiger partial charge in [-0.05, 0) is 0 Å². The van der Waals surface area contributed by atoms with Gasteiger partial charge in [-0.25, -0.2) is 0 Å². The van der Waals surface area contributed by atoms with Crippen LogP contribution in [0, 0.1) is 0 Å². The van der Waals surface area contributed by atoms with Crippen molar-refractivity contribution in [2.75, 3.05) is 0 Å².